The third kappa shape index (κ3) is 11.7. The summed E-state index contributed by atoms with van der Waals surface area (Å²) in [6.07, 6.45) is 5.66. The molecule has 6 aromatic rings. The minimum Gasteiger partial charge on any atom is -0.386 e. The van der Waals surface area contributed by atoms with Gasteiger partial charge in [0.05, 0.1) is 47.8 Å². The molecule has 20 heteroatoms. The number of primary sulfonamides is 2. The minimum absolute atomic E-state index is 0.0280. The molecule has 4 aromatic carbocycles. The first-order valence-corrected chi connectivity index (χ1v) is 21.3. The highest BCUT2D eigenvalue weighted by Gasteiger charge is 2.24. The van der Waals surface area contributed by atoms with Gasteiger partial charge in [0.2, 0.25) is 31.9 Å². The number of halogens is 2. The van der Waals surface area contributed by atoms with Gasteiger partial charge in [-0.15, -0.1) is 0 Å². The van der Waals surface area contributed by atoms with E-state index in [-0.39, 0.29) is 56.9 Å². The summed E-state index contributed by atoms with van der Waals surface area (Å²) >= 11 is 6.08. The number of benzene rings is 4. The fraction of sp³-hybridized carbons (Fsp3) is 0.200. The van der Waals surface area contributed by atoms with E-state index in [1.807, 2.05) is 0 Å². The van der Waals surface area contributed by atoms with Crippen LogP contribution in [-0.4, -0.2) is 58.4 Å². The number of rotatable bonds is 12. The van der Waals surface area contributed by atoms with Crippen molar-refractivity contribution in [3.8, 4) is 11.4 Å². The highest BCUT2D eigenvalue weighted by atomic mass is 35.5. The predicted molar refractivity (Wildman–Crippen MR) is 223 cm³/mol. The van der Waals surface area contributed by atoms with Crippen molar-refractivity contribution < 1.29 is 41.0 Å². The van der Waals surface area contributed by atoms with E-state index >= 15 is 0 Å². The highest BCUT2D eigenvalue weighted by Crippen LogP contribution is 2.28. The number of aliphatic hydroxyl groups is 2. The summed E-state index contributed by atoms with van der Waals surface area (Å²) in [5.41, 5.74) is 0.313. The average Bonchev–Trinajstić information content (AvgIpc) is 3.85. The molecule has 0 aliphatic heterocycles. The number of carbonyl (C=O) groups is 2. The molecule has 60 heavy (non-hydrogen) atoms. The first-order chi connectivity index (χ1) is 27.9. The maximum Gasteiger partial charge on any atom is 0.240 e. The number of anilines is 2. The van der Waals surface area contributed by atoms with Gasteiger partial charge in [0, 0.05) is 39.9 Å². The van der Waals surface area contributed by atoms with Crippen molar-refractivity contribution in [2.75, 3.05) is 10.6 Å². The van der Waals surface area contributed by atoms with Crippen molar-refractivity contribution in [1.29, 1.82) is 0 Å². The molecular weight excluding hydrogens is 839 g/mol. The van der Waals surface area contributed by atoms with Crippen LogP contribution in [0.15, 0.2) is 120 Å². The van der Waals surface area contributed by atoms with Crippen LogP contribution in [-0.2, 0) is 53.7 Å². The molecule has 0 saturated heterocycles. The van der Waals surface area contributed by atoms with Crippen molar-refractivity contribution in [3.63, 3.8) is 0 Å². The summed E-state index contributed by atoms with van der Waals surface area (Å²) < 4.78 is 64.9. The van der Waals surface area contributed by atoms with Crippen LogP contribution in [0.25, 0.3) is 11.4 Å². The van der Waals surface area contributed by atoms with Crippen LogP contribution in [0.3, 0.4) is 0 Å². The number of nitrogens with one attached hydrogen (secondary N) is 2. The van der Waals surface area contributed by atoms with Crippen LogP contribution in [0, 0.1) is 5.82 Å². The number of aromatic nitrogens is 4. The predicted octanol–water partition coefficient (Wildman–Crippen LogP) is 4.65. The van der Waals surface area contributed by atoms with Gasteiger partial charge in [0.1, 0.15) is 15.6 Å². The number of carbonyl (C=O) groups excluding carboxylic acids is 2. The van der Waals surface area contributed by atoms with Crippen molar-refractivity contribution in [2.45, 2.75) is 61.5 Å². The zero-order valence-corrected chi connectivity index (χ0v) is 35.1. The summed E-state index contributed by atoms with van der Waals surface area (Å²) in [4.78, 5) is 24.1. The summed E-state index contributed by atoms with van der Waals surface area (Å²) in [6, 6.07) is 21.2. The lowest BCUT2D eigenvalue weighted by Gasteiger charge is -2.14. The van der Waals surface area contributed by atoms with Crippen molar-refractivity contribution in [3.05, 3.63) is 143 Å². The maximum atomic E-state index is 13.7. The maximum absolute atomic E-state index is 13.7. The molecule has 0 saturated carbocycles. The molecule has 0 bridgehead atoms. The van der Waals surface area contributed by atoms with Crippen LogP contribution in [0.5, 0.6) is 0 Å². The molecule has 6 rings (SSSR count). The summed E-state index contributed by atoms with van der Waals surface area (Å²) in [5.74, 6) is -1.38. The summed E-state index contributed by atoms with van der Waals surface area (Å²) in [6.45, 7) is 6.32. The summed E-state index contributed by atoms with van der Waals surface area (Å²) in [7, 11) is -8.29. The van der Waals surface area contributed by atoms with Gasteiger partial charge in [-0.05, 0) is 87.4 Å². The third-order valence-electron chi connectivity index (χ3n) is 8.79. The van der Waals surface area contributed by atoms with E-state index in [1.165, 1.54) is 82.7 Å². The van der Waals surface area contributed by atoms with E-state index in [9.17, 15) is 41.0 Å². The Morgan fingerprint density at radius 2 is 1.08 bits per heavy atom. The second kappa shape index (κ2) is 17.8. The van der Waals surface area contributed by atoms with Gasteiger partial charge in [-0.25, -0.2) is 40.9 Å². The van der Waals surface area contributed by atoms with Crippen LogP contribution in [0.1, 0.15) is 49.9 Å². The highest BCUT2D eigenvalue weighted by molar-refractivity contribution is 7.89. The molecule has 0 radical (unpaired) electrons. The molecule has 0 unspecified atom stereocenters. The normalized spacial score (nSPS) is 12.0. The first-order valence-electron chi connectivity index (χ1n) is 17.9. The van der Waals surface area contributed by atoms with Crippen molar-refractivity contribution >= 4 is 54.8 Å². The molecule has 0 aliphatic rings. The second-order valence-electron chi connectivity index (χ2n) is 14.6. The van der Waals surface area contributed by atoms with E-state index in [1.54, 1.807) is 64.1 Å². The molecule has 0 spiro atoms. The lowest BCUT2D eigenvalue weighted by atomic mass is 10.0. The smallest absolute Gasteiger partial charge is 0.240 e. The van der Waals surface area contributed by atoms with E-state index < -0.39 is 43.0 Å². The molecular formula is C40H42ClFN8O8S2. The van der Waals surface area contributed by atoms with Crippen LogP contribution < -0.4 is 20.9 Å². The van der Waals surface area contributed by atoms with Crippen molar-refractivity contribution in [1.82, 2.24) is 19.6 Å². The SMILES string of the molecule is CC(C)(O)c1cnn(-c2ccc(NC(=O)Cc3ccccc3Cl)cc2S(N)(=O)=O)c1.CC(C)(O)c1cnn(-c2ccc(NC(=O)Cc3ccccc3F)cc2S(N)(=O)=O)c1. The number of hydrogen-bond donors (Lipinski definition) is 6. The Morgan fingerprint density at radius 3 is 1.47 bits per heavy atom. The van der Waals surface area contributed by atoms with Gasteiger partial charge in [0.25, 0.3) is 0 Å². The van der Waals surface area contributed by atoms with Gasteiger partial charge >= 0.3 is 0 Å². The largest absolute Gasteiger partial charge is 0.386 e. The van der Waals surface area contributed by atoms with Crippen LogP contribution in [0.4, 0.5) is 15.8 Å². The minimum atomic E-state index is -4.17. The van der Waals surface area contributed by atoms with E-state index in [0.29, 0.717) is 21.7 Å². The van der Waals surface area contributed by atoms with Crippen LogP contribution >= 0.6 is 11.6 Å². The molecule has 2 amide bonds. The Morgan fingerprint density at radius 1 is 0.683 bits per heavy atom. The number of hydrogen-bond acceptors (Lipinski definition) is 10. The zero-order chi connectivity index (χ0) is 44.2. The first kappa shape index (κ1) is 45.3. The zero-order valence-electron chi connectivity index (χ0n) is 32.7. The monoisotopic (exact) mass is 880 g/mol. The summed E-state index contributed by atoms with van der Waals surface area (Å²) in [5, 5.41) is 44.8. The molecule has 2 heterocycles. The number of nitrogens with two attached hydrogens (primary N) is 2. The van der Waals surface area contributed by atoms with E-state index in [2.05, 4.69) is 20.8 Å². The van der Waals surface area contributed by atoms with Gasteiger partial charge in [-0.1, -0.05) is 48.0 Å². The average molecular weight is 881 g/mol. The molecule has 316 valence electrons. The molecule has 0 atom stereocenters. The van der Waals surface area contributed by atoms with Gasteiger partial charge in [-0.3, -0.25) is 9.59 Å². The van der Waals surface area contributed by atoms with Gasteiger partial charge in [-0.2, -0.15) is 10.2 Å². The number of amides is 2. The standard InChI is InChI=1S/C20H21ClN4O4S.C20H21FN4O4S/c2*1-20(2,27)14-11-23-25(12-14)17-8-7-15(10-18(17)30(22,28)29)24-19(26)9-13-5-3-4-6-16(13)21/h2*3-8,10-12,27H,9H2,1-2H3,(H,24,26)(H2,22,28,29). The van der Waals surface area contributed by atoms with E-state index in [0.717, 1.165) is 0 Å². The lowest BCUT2D eigenvalue weighted by Crippen LogP contribution is -2.18. The fourth-order valence-corrected chi connectivity index (χ4v) is 7.29. The molecule has 2 aromatic heterocycles. The molecule has 0 fully saturated rings. The Bertz CT molecular complexity index is 2590. The topological polar surface area (TPSA) is 255 Å². The number of sulfonamides is 2. The Hall–Kier alpha value is -5.80. The second-order valence-corrected chi connectivity index (χ2v) is 18.0. The van der Waals surface area contributed by atoms with Crippen molar-refractivity contribution in [2.24, 2.45) is 10.3 Å². The Kier molecular flexibility index (Phi) is 13.4. The third-order valence-corrected chi connectivity index (χ3v) is 11.0. The van der Waals surface area contributed by atoms with Crippen LogP contribution in [0.2, 0.25) is 5.02 Å². The van der Waals surface area contributed by atoms with Gasteiger partial charge in [0.15, 0.2) is 0 Å². The molecule has 16 nitrogen and oxygen atoms in total. The molecule has 0 aliphatic carbocycles. The Labute approximate surface area is 350 Å². The quantitative estimate of drug-likeness (QED) is 0.0992. The Balaban J connectivity index is 0.000000228. The lowest BCUT2D eigenvalue weighted by molar-refractivity contribution is -0.116. The van der Waals surface area contributed by atoms with E-state index in [4.69, 9.17) is 21.9 Å². The molecule has 8 N–H and O–H groups in total. The van der Waals surface area contributed by atoms with Gasteiger partial charge < -0.3 is 20.8 Å². The fourth-order valence-electron chi connectivity index (χ4n) is 5.60. The number of nitrogens with zero attached hydrogens (tertiary/aromatic N) is 4.